The van der Waals surface area contributed by atoms with Crippen LogP contribution < -0.4 is 5.32 Å². The van der Waals surface area contributed by atoms with Crippen LogP contribution >= 0.6 is 0 Å². The topological polar surface area (TPSA) is 85.2 Å². The van der Waals surface area contributed by atoms with Crippen molar-refractivity contribution in [1.29, 1.82) is 0 Å². The lowest BCUT2D eigenvalue weighted by atomic mass is 10.1. The van der Waals surface area contributed by atoms with Crippen LogP contribution in [0.25, 0.3) is 5.65 Å². The minimum atomic E-state index is -0.802. The molecule has 0 bridgehead atoms. The van der Waals surface area contributed by atoms with E-state index in [2.05, 4.69) is 10.3 Å². The number of carbonyl (C=O) groups excluding carboxylic acids is 2. The fraction of sp³-hybridized carbons (Fsp3) is 0.400. The highest BCUT2D eigenvalue weighted by Gasteiger charge is 2.30. The number of hydrogen-bond donors (Lipinski definition) is 1. The zero-order valence-electron chi connectivity index (χ0n) is 20.1. The number of nitrogens with zero attached hydrogens (tertiary/aromatic N) is 3. The molecule has 35 heavy (non-hydrogen) atoms. The fourth-order valence-electron chi connectivity index (χ4n) is 3.94. The van der Waals surface area contributed by atoms with E-state index < -0.39 is 35.3 Å². The first-order chi connectivity index (χ1) is 16.5. The number of hydrogen-bond acceptors (Lipinski definition) is 5. The maximum Gasteiger partial charge on any atom is 0.410 e. The van der Waals surface area contributed by atoms with E-state index in [0.29, 0.717) is 24.5 Å². The number of ether oxygens (including phenoxy) is 2. The Hall–Kier alpha value is -3.53. The predicted octanol–water partition coefficient (Wildman–Crippen LogP) is 4.35. The van der Waals surface area contributed by atoms with E-state index in [1.54, 1.807) is 36.3 Å². The number of nitrogens with one attached hydrogen (secondary N) is 1. The number of imidazole rings is 1. The molecular formula is C25H28F2N4O4. The molecule has 2 aromatic heterocycles. The average Bonchev–Trinajstić information content (AvgIpc) is 3.09. The molecule has 0 radical (unpaired) electrons. The van der Waals surface area contributed by atoms with Gasteiger partial charge in [0.15, 0.2) is 5.69 Å². The second kappa shape index (κ2) is 9.61. The number of amides is 2. The lowest BCUT2D eigenvalue weighted by Gasteiger charge is -2.34. The summed E-state index contributed by atoms with van der Waals surface area (Å²) in [5, 5.41) is 2.53. The predicted molar refractivity (Wildman–Crippen MR) is 125 cm³/mol. The molecule has 1 atom stereocenters. The highest BCUT2D eigenvalue weighted by molar-refractivity contribution is 6.04. The molecular weight excluding hydrogens is 458 g/mol. The summed E-state index contributed by atoms with van der Waals surface area (Å²) in [7, 11) is 0. The lowest BCUT2D eigenvalue weighted by molar-refractivity contribution is -0.0419. The Morgan fingerprint density at radius 2 is 1.91 bits per heavy atom. The van der Waals surface area contributed by atoms with E-state index in [0.717, 1.165) is 23.8 Å². The maximum atomic E-state index is 13.6. The van der Waals surface area contributed by atoms with Gasteiger partial charge in [0.1, 0.15) is 22.9 Å². The molecule has 3 aromatic rings. The van der Waals surface area contributed by atoms with Gasteiger partial charge in [0.05, 0.1) is 24.9 Å². The van der Waals surface area contributed by atoms with Crippen molar-refractivity contribution in [2.75, 3.05) is 25.0 Å². The second-order valence-corrected chi connectivity index (χ2v) is 9.57. The van der Waals surface area contributed by atoms with Gasteiger partial charge in [-0.3, -0.25) is 4.79 Å². The maximum absolute atomic E-state index is 13.6. The number of aromatic nitrogens is 2. The summed E-state index contributed by atoms with van der Waals surface area (Å²) in [4.78, 5) is 31.7. The molecule has 0 unspecified atom stereocenters. The van der Waals surface area contributed by atoms with Gasteiger partial charge in [-0.2, -0.15) is 0 Å². The highest BCUT2D eigenvalue weighted by atomic mass is 19.1. The third-order valence-corrected chi connectivity index (χ3v) is 5.43. The molecule has 8 nitrogen and oxygen atoms in total. The van der Waals surface area contributed by atoms with Crippen molar-refractivity contribution in [3.05, 3.63) is 65.1 Å². The number of carbonyl (C=O) groups is 2. The van der Waals surface area contributed by atoms with E-state index in [4.69, 9.17) is 9.47 Å². The smallest absolute Gasteiger partial charge is 0.410 e. The summed E-state index contributed by atoms with van der Waals surface area (Å²) in [5.74, 6) is -2.21. The summed E-state index contributed by atoms with van der Waals surface area (Å²) in [6, 6.07) is 6.51. The first-order valence-corrected chi connectivity index (χ1v) is 11.3. The van der Waals surface area contributed by atoms with Gasteiger partial charge in [-0.1, -0.05) is 0 Å². The Morgan fingerprint density at radius 3 is 2.60 bits per heavy atom. The van der Waals surface area contributed by atoms with Crippen LogP contribution in [0.2, 0.25) is 0 Å². The van der Waals surface area contributed by atoms with Crippen molar-refractivity contribution in [3.8, 4) is 0 Å². The number of pyridine rings is 1. The van der Waals surface area contributed by atoms with Gasteiger partial charge in [-0.05, 0) is 57.5 Å². The van der Waals surface area contributed by atoms with Gasteiger partial charge in [-0.15, -0.1) is 0 Å². The molecule has 1 aliphatic heterocycles. The van der Waals surface area contributed by atoms with Crippen LogP contribution in [0, 0.1) is 18.6 Å². The van der Waals surface area contributed by atoms with Gasteiger partial charge in [0.25, 0.3) is 5.91 Å². The summed E-state index contributed by atoms with van der Waals surface area (Å²) < 4.78 is 40.4. The molecule has 1 saturated heterocycles. The molecule has 1 aliphatic rings. The van der Waals surface area contributed by atoms with Crippen LogP contribution in [-0.4, -0.2) is 57.7 Å². The van der Waals surface area contributed by atoms with Crippen molar-refractivity contribution < 1.29 is 27.8 Å². The molecule has 1 aromatic carbocycles. The number of benzene rings is 1. The van der Waals surface area contributed by atoms with E-state index in [9.17, 15) is 18.4 Å². The third-order valence-electron chi connectivity index (χ3n) is 5.43. The van der Waals surface area contributed by atoms with Crippen molar-refractivity contribution in [2.24, 2.45) is 0 Å². The van der Waals surface area contributed by atoms with Crippen molar-refractivity contribution in [2.45, 2.75) is 45.8 Å². The van der Waals surface area contributed by atoms with E-state index >= 15 is 0 Å². The molecule has 3 heterocycles. The number of halogens is 2. The van der Waals surface area contributed by atoms with E-state index in [-0.39, 0.29) is 24.3 Å². The minimum absolute atomic E-state index is 0.0169. The average molecular weight is 487 g/mol. The Labute approximate surface area is 201 Å². The van der Waals surface area contributed by atoms with Crippen LogP contribution in [0.1, 0.15) is 42.5 Å². The molecule has 2 amide bonds. The van der Waals surface area contributed by atoms with E-state index in [1.165, 1.54) is 0 Å². The largest absolute Gasteiger partial charge is 0.444 e. The molecule has 1 N–H and O–H groups in total. The summed E-state index contributed by atoms with van der Waals surface area (Å²) in [6.07, 6.45) is 1.26. The number of fused-ring (bicyclic) bond motifs is 1. The van der Waals surface area contributed by atoms with Crippen LogP contribution in [0.4, 0.5) is 19.3 Å². The first kappa shape index (κ1) is 24.6. The van der Waals surface area contributed by atoms with Crippen LogP contribution in [0.3, 0.4) is 0 Å². The zero-order valence-corrected chi connectivity index (χ0v) is 20.1. The van der Waals surface area contributed by atoms with E-state index in [1.807, 2.05) is 19.1 Å². The van der Waals surface area contributed by atoms with Crippen LogP contribution in [-0.2, 0) is 15.9 Å². The quantitative estimate of drug-likeness (QED) is 0.593. The zero-order chi connectivity index (χ0) is 25.3. The molecule has 186 valence electrons. The monoisotopic (exact) mass is 486 g/mol. The highest BCUT2D eigenvalue weighted by Crippen LogP contribution is 2.22. The molecule has 0 aliphatic carbocycles. The van der Waals surface area contributed by atoms with Crippen LogP contribution in [0.15, 0.2) is 36.5 Å². The number of anilines is 1. The standard InChI is InChI=1S/C25H28F2N4O4/c1-15-5-6-31-20(13-19-14-30(7-8-34-19)24(33)35-25(2,3)4)22(29-21(31)9-15)23(32)28-18-11-16(26)10-17(27)12-18/h5-6,9-12,19H,7-8,13-14H2,1-4H3,(H,28,32)/t19-/m0/s1. The van der Waals surface area contributed by atoms with Gasteiger partial charge < -0.3 is 24.1 Å². The molecule has 4 rings (SSSR count). The number of aryl methyl sites for hydroxylation is 1. The Bertz CT molecular complexity index is 1250. The number of rotatable bonds is 4. The van der Waals surface area contributed by atoms with Gasteiger partial charge in [0.2, 0.25) is 0 Å². The molecule has 0 saturated carbocycles. The van der Waals surface area contributed by atoms with Crippen molar-refractivity contribution >= 4 is 23.3 Å². The Balaban J connectivity index is 1.60. The van der Waals surface area contributed by atoms with Gasteiger partial charge in [0, 0.05) is 30.9 Å². The second-order valence-electron chi connectivity index (χ2n) is 9.57. The van der Waals surface area contributed by atoms with Gasteiger partial charge in [-0.25, -0.2) is 18.6 Å². The fourth-order valence-corrected chi connectivity index (χ4v) is 3.94. The minimum Gasteiger partial charge on any atom is -0.444 e. The van der Waals surface area contributed by atoms with Crippen LogP contribution in [0.5, 0.6) is 0 Å². The molecule has 10 heteroatoms. The van der Waals surface area contributed by atoms with Crippen molar-refractivity contribution in [3.63, 3.8) is 0 Å². The first-order valence-electron chi connectivity index (χ1n) is 11.3. The summed E-state index contributed by atoms with van der Waals surface area (Å²) in [6.45, 7) is 8.33. The SMILES string of the molecule is Cc1ccn2c(C[C@H]3CN(C(=O)OC(C)(C)C)CCO3)c(C(=O)Nc3cc(F)cc(F)c3)nc2c1. The molecule has 0 spiro atoms. The third kappa shape index (κ3) is 5.94. The van der Waals surface area contributed by atoms with Crippen molar-refractivity contribution in [1.82, 2.24) is 14.3 Å². The summed E-state index contributed by atoms with van der Waals surface area (Å²) >= 11 is 0. The normalized spacial score (nSPS) is 16.4. The number of morpholine rings is 1. The van der Waals surface area contributed by atoms with Gasteiger partial charge >= 0.3 is 6.09 Å². The lowest BCUT2D eigenvalue weighted by Crippen LogP contribution is -2.48. The Kier molecular flexibility index (Phi) is 6.75. The summed E-state index contributed by atoms with van der Waals surface area (Å²) in [5.41, 5.74) is 1.54. The molecule has 1 fully saturated rings. The Morgan fingerprint density at radius 1 is 1.20 bits per heavy atom.